The molecule has 1 aromatic carbocycles. The minimum absolute atomic E-state index is 0.0515. The summed E-state index contributed by atoms with van der Waals surface area (Å²) in [4.78, 5) is 0. The van der Waals surface area contributed by atoms with Crippen LogP contribution in [0.2, 0.25) is 0 Å². The second kappa shape index (κ2) is 4.07. The molecule has 0 aliphatic carbocycles. The Bertz CT molecular complexity index is 381. The number of alkyl halides is 3. The fourth-order valence-corrected chi connectivity index (χ4v) is 1.66. The van der Waals surface area contributed by atoms with E-state index in [0.29, 0.717) is 18.8 Å². The van der Waals surface area contributed by atoms with E-state index in [4.69, 9.17) is 9.47 Å². The first-order chi connectivity index (χ1) is 7.48. The quantitative estimate of drug-likeness (QED) is 0.740. The molecule has 0 spiro atoms. The molecule has 0 unspecified atom stereocenters. The predicted octanol–water partition coefficient (Wildman–Crippen LogP) is 3.06. The Hall–Kier alpha value is -1.07. The zero-order valence-corrected chi connectivity index (χ0v) is 8.67. The van der Waals surface area contributed by atoms with Gasteiger partial charge >= 0.3 is 6.18 Å². The van der Waals surface area contributed by atoms with E-state index in [1.165, 1.54) is 6.07 Å². The Morgan fingerprint density at radius 3 is 2.38 bits per heavy atom. The van der Waals surface area contributed by atoms with Crippen LogP contribution in [0.5, 0.6) is 0 Å². The monoisotopic (exact) mass is 232 g/mol. The van der Waals surface area contributed by atoms with Gasteiger partial charge in [-0.1, -0.05) is 17.7 Å². The van der Waals surface area contributed by atoms with Crippen molar-refractivity contribution < 1.29 is 22.6 Å². The van der Waals surface area contributed by atoms with E-state index in [0.717, 1.165) is 6.07 Å². The van der Waals surface area contributed by atoms with E-state index in [1.54, 1.807) is 13.0 Å². The van der Waals surface area contributed by atoms with Crippen LogP contribution in [0.15, 0.2) is 18.2 Å². The Morgan fingerprint density at radius 2 is 1.81 bits per heavy atom. The summed E-state index contributed by atoms with van der Waals surface area (Å²) in [5.74, 6) is 0. The Labute approximate surface area is 91.0 Å². The highest BCUT2D eigenvalue weighted by molar-refractivity contribution is 5.34. The van der Waals surface area contributed by atoms with Gasteiger partial charge in [0, 0.05) is 5.56 Å². The van der Waals surface area contributed by atoms with Crippen molar-refractivity contribution in [2.24, 2.45) is 0 Å². The van der Waals surface area contributed by atoms with Gasteiger partial charge < -0.3 is 9.47 Å². The normalized spacial score (nSPS) is 18.0. The van der Waals surface area contributed by atoms with Gasteiger partial charge in [-0.25, -0.2) is 0 Å². The van der Waals surface area contributed by atoms with Crippen molar-refractivity contribution in [2.45, 2.75) is 19.4 Å². The van der Waals surface area contributed by atoms with E-state index in [2.05, 4.69) is 0 Å². The van der Waals surface area contributed by atoms with Gasteiger partial charge in [0.2, 0.25) is 0 Å². The lowest BCUT2D eigenvalue weighted by atomic mass is 10.0. The Kier molecular flexibility index (Phi) is 2.90. The molecule has 0 amide bonds. The van der Waals surface area contributed by atoms with Crippen molar-refractivity contribution in [1.29, 1.82) is 0 Å². The number of aryl methyl sites for hydroxylation is 1. The largest absolute Gasteiger partial charge is 0.416 e. The average Bonchev–Trinajstić information content (AvgIpc) is 2.69. The molecule has 16 heavy (non-hydrogen) atoms. The lowest BCUT2D eigenvalue weighted by Crippen LogP contribution is -2.12. The topological polar surface area (TPSA) is 18.5 Å². The molecule has 0 N–H and O–H groups in total. The second-order valence-electron chi connectivity index (χ2n) is 3.66. The van der Waals surface area contributed by atoms with Crippen LogP contribution in [-0.2, 0) is 15.7 Å². The van der Waals surface area contributed by atoms with Gasteiger partial charge in [-0.05, 0) is 13.0 Å². The lowest BCUT2D eigenvalue weighted by molar-refractivity contribution is -0.142. The molecule has 1 aromatic rings. The highest BCUT2D eigenvalue weighted by atomic mass is 19.4. The minimum atomic E-state index is -4.38. The SMILES string of the molecule is Cc1ccc(C2OCCO2)c(C(F)(F)F)c1. The molecule has 1 aliphatic rings. The second-order valence-corrected chi connectivity index (χ2v) is 3.66. The maximum atomic E-state index is 12.8. The third kappa shape index (κ3) is 2.20. The molecule has 0 radical (unpaired) electrons. The van der Waals surface area contributed by atoms with Crippen LogP contribution in [0, 0.1) is 6.92 Å². The van der Waals surface area contributed by atoms with E-state index < -0.39 is 18.0 Å². The van der Waals surface area contributed by atoms with Gasteiger partial charge in [-0.3, -0.25) is 0 Å². The summed E-state index contributed by atoms with van der Waals surface area (Å²) in [5, 5.41) is 0. The number of hydrogen-bond donors (Lipinski definition) is 0. The number of benzene rings is 1. The molecule has 0 atom stereocenters. The van der Waals surface area contributed by atoms with Gasteiger partial charge in [0.05, 0.1) is 18.8 Å². The molecule has 1 aliphatic heterocycles. The van der Waals surface area contributed by atoms with E-state index in [1.807, 2.05) is 0 Å². The number of halogens is 3. The fourth-order valence-electron chi connectivity index (χ4n) is 1.66. The number of rotatable bonds is 1. The Morgan fingerprint density at radius 1 is 1.19 bits per heavy atom. The number of hydrogen-bond acceptors (Lipinski definition) is 2. The van der Waals surface area contributed by atoms with Crippen molar-refractivity contribution in [2.75, 3.05) is 13.2 Å². The standard InChI is InChI=1S/C11H11F3O2/c1-7-2-3-8(10-15-4-5-16-10)9(6-7)11(12,13)14/h2-3,6,10H,4-5H2,1H3. The first-order valence-corrected chi connectivity index (χ1v) is 4.89. The molecule has 0 aromatic heterocycles. The van der Waals surface area contributed by atoms with Crippen LogP contribution in [0.25, 0.3) is 0 Å². The van der Waals surface area contributed by atoms with Crippen molar-refractivity contribution in [1.82, 2.24) is 0 Å². The van der Waals surface area contributed by atoms with Crippen LogP contribution in [0.4, 0.5) is 13.2 Å². The van der Waals surface area contributed by atoms with Crippen LogP contribution >= 0.6 is 0 Å². The highest BCUT2D eigenvalue weighted by Crippen LogP contribution is 2.37. The Balaban J connectivity index is 2.43. The van der Waals surface area contributed by atoms with Crippen LogP contribution in [-0.4, -0.2) is 13.2 Å². The van der Waals surface area contributed by atoms with E-state index >= 15 is 0 Å². The summed E-state index contributed by atoms with van der Waals surface area (Å²) >= 11 is 0. The van der Waals surface area contributed by atoms with Gasteiger partial charge in [-0.15, -0.1) is 0 Å². The summed E-state index contributed by atoms with van der Waals surface area (Å²) in [5.41, 5.74) is -0.0657. The molecular formula is C11H11F3O2. The molecule has 88 valence electrons. The molecular weight excluding hydrogens is 221 g/mol. The summed E-state index contributed by atoms with van der Waals surface area (Å²) in [7, 11) is 0. The van der Waals surface area contributed by atoms with Crippen molar-refractivity contribution in [3.63, 3.8) is 0 Å². The van der Waals surface area contributed by atoms with Crippen LogP contribution in [0.1, 0.15) is 23.0 Å². The third-order valence-corrected chi connectivity index (χ3v) is 2.39. The molecule has 0 bridgehead atoms. The summed E-state index contributed by atoms with van der Waals surface area (Å²) in [6.45, 7) is 2.28. The maximum Gasteiger partial charge on any atom is 0.416 e. The zero-order chi connectivity index (χ0) is 11.8. The smallest absolute Gasteiger partial charge is 0.346 e. The highest BCUT2D eigenvalue weighted by Gasteiger charge is 2.36. The van der Waals surface area contributed by atoms with Gasteiger partial charge in [0.15, 0.2) is 6.29 Å². The summed E-state index contributed by atoms with van der Waals surface area (Å²) in [6, 6.07) is 4.14. The maximum absolute atomic E-state index is 12.8. The summed E-state index contributed by atoms with van der Waals surface area (Å²) < 4.78 is 48.5. The number of ether oxygens (including phenoxy) is 2. The molecule has 2 rings (SSSR count). The van der Waals surface area contributed by atoms with Crippen molar-refractivity contribution >= 4 is 0 Å². The molecule has 1 saturated heterocycles. The van der Waals surface area contributed by atoms with Crippen LogP contribution in [0.3, 0.4) is 0 Å². The molecule has 1 heterocycles. The zero-order valence-electron chi connectivity index (χ0n) is 8.67. The summed E-state index contributed by atoms with van der Waals surface area (Å²) in [6.07, 6.45) is -5.27. The first-order valence-electron chi connectivity index (χ1n) is 4.89. The molecule has 5 heteroatoms. The fraction of sp³-hybridized carbons (Fsp3) is 0.455. The van der Waals surface area contributed by atoms with Crippen molar-refractivity contribution in [3.05, 3.63) is 34.9 Å². The van der Waals surface area contributed by atoms with Gasteiger partial charge in [0.25, 0.3) is 0 Å². The molecule has 0 saturated carbocycles. The molecule has 2 nitrogen and oxygen atoms in total. The van der Waals surface area contributed by atoms with E-state index in [9.17, 15) is 13.2 Å². The van der Waals surface area contributed by atoms with Gasteiger partial charge in [0.1, 0.15) is 0 Å². The van der Waals surface area contributed by atoms with Crippen LogP contribution < -0.4 is 0 Å². The minimum Gasteiger partial charge on any atom is -0.346 e. The predicted molar refractivity (Wildman–Crippen MR) is 50.8 cm³/mol. The van der Waals surface area contributed by atoms with Crippen molar-refractivity contribution in [3.8, 4) is 0 Å². The van der Waals surface area contributed by atoms with Gasteiger partial charge in [-0.2, -0.15) is 13.2 Å². The first kappa shape index (κ1) is 11.4. The third-order valence-electron chi connectivity index (χ3n) is 2.39. The lowest BCUT2D eigenvalue weighted by Gasteiger charge is -2.17. The van der Waals surface area contributed by atoms with E-state index in [-0.39, 0.29) is 5.56 Å². The average molecular weight is 232 g/mol. The molecule has 1 fully saturated rings.